The van der Waals surface area contributed by atoms with Gasteiger partial charge in [0.25, 0.3) is 0 Å². The molecule has 0 atom stereocenters. The Morgan fingerprint density at radius 1 is 0.286 bits per heavy atom. The zero-order valence-electron chi connectivity index (χ0n) is 18.7. The van der Waals surface area contributed by atoms with Crippen molar-refractivity contribution in [2.45, 2.75) is 129 Å². The summed E-state index contributed by atoms with van der Waals surface area (Å²) in [6, 6.07) is 0. The SMILES string of the molecule is ClCCCCCCC[CH2][SnH]([CH2]CCCCCCCCl)[CH2]CCCCCCCCl. The van der Waals surface area contributed by atoms with E-state index in [1.165, 1.54) is 116 Å². The van der Waals surface area contributed by atoms with Gasteiger partial charge in [-0.2, -0.15) is 0 Å². The molecule has 170 valence electrons. The number of unbranched alkanes of at least 4 members (excludes halogenated alkanes) is 15. The van der Waals surface area contributed by atoms with Crippen LogP contribution in [-0.2, 0) is 0 Å². The quantitative estimate of drug-likeness (QED) is 0.0624. The van der Waals surface area contributed by atoms with Crippen LogP contribution in [0, 0.1) is 0 Å². The molecule has 0 bridgehead atoms. The Morgan fingerprint density at radius 2 is 0.500 bits per heavy atom. The molecule has 0 N–H and O–H groups in total. The summed E-state index contributed by atoms with van der Waals surface area (Å²) in [6.07, 6.45) is 25.2. The van der Waals surface area contributed by atoms with E-state index in [0.717, 1.165) is 17.6 Å². The summed E-state index contributed by atoms with van der Waals surface area (Å²) in [5.41, 5.74) is 0. The van der Waals surface area contributed by atoms with Gasteiger partial charge in [0.1, 0.15) is 0 Å². The predicted molar refractivity (Wildman–Crippen MR) is 137 cm³/mol. The molecule has 0 spiro atoms. The van der Waals surface area contributed by atoms with E-state index < -0.39 is 19.8 Å². The summed E-state index contributed by atoms with van der Waals surface area (Å²) < 4.78 is 5.03. The van der Waals surface area contributed by atoms with Crippen LogP contribution in [0.25, 0.3) is 0 Å². The van der Waals surface area contributed by atoms with Crippen LogP contribution in [-0.4, -0.2) is 37.4 Å². The van der Waals surface area contributed by atoms with Gasteiger partial charge in [-0.25, -0.2) is 0 Å². The number of alkyl halides is 3. The van der Waals surface area contributed by atoms with Crippen LogP contribution in [0.5, 0.6) is 0 Å². The number of halogens is 3. The van der Waals surface area contributed by atoms with Crippen LogP contribution in [0.1, 0.15) is 116 Å². The van der Waals surface area contributed by atoms with Gasteiger partial charge in [-0.15, -0.1) is 0 Å². The fraction of sp³-hybridized carbons (Fsp3) is 1.00. The Morgan fingerprint density at radius 3 is 0.750 bits per heavy atom. The molecule has 0 aliphatic heterocycles. The van der Waals surface area contributed by atoms with Crippen LogP contribution < -0.4 is 0 Å². The van der Waals surface area contributed by atoms with Crippen LogP contribution in [0.4, 0.5) is 0 Å². The molecule has 0 fully saturated rings. The van der Waals surface area contributed by atoms with E-state index in [9.17, 15) is 0 Å². The average molecular weight is 563 g/mol. The van der Waals surface area contributed by atoms with E-state index in [2.05, 4.69) is 0 Å². The van der Waals surface area contributed by atoms with Crippen molar-refractivity contribution in [3.8, 4) is 0 Å². The zero-order chi connectivity index (χ0) is 20.5. The van der Waals surface area contributed by atoms with Crippen molar-refractivity contribution in [1.82, 2.24) is 0 Å². The summed E-state index contributed by atoms with van der Waals surface area (Å²) in [6.45, 7) is 0. The van der Waals surface area contributed by atoms with Gasteiger partial charge >= 0.3 is 201 Å². The second-order valence-electron chi connectivity index (χ2n) is 8.66. The molecule has 0 aliphatic carbocycles. The molecular weight excluding hydrogens is 513 g/mol. The van der Waals surface area contributed by atoms with Crippen molar-refractivity contribution in [1.29, 1.82) is 0 Å². The van der Waals surface area contributed by atoms with Gasteiger partial charge in [-0.1, -0.05) is 0 Å². The molecule has 0 rings (SSSR count). The minimum atomic E-state index is -1.25. The van der Waals surface area contributed by atoms with Gasteiger partial charge < -0.3 is 0 Å². The molecular formula is C24H49Cl3Sn. The molecule has 0 aromatic heterocycles. The first kappa shape index (κ1) is 29.7. The van der Waals surface area contributed by atoms with E-state index in [0.29, 0.717) is 0 Å². The van der Waals surface area contributed by atoms with Crippen molar-refractivity contribution in [3.63, 3.8) is 0 Å². The van der Waals surface area contributed by atoms with Gasteiger partial charge in [0, 0.05) is 0 Å². The minimum absolute atomic E-state index is 0.844. The van der Waals surface area contributed by atoms with E-state index in [1.54, 1.807) is 13.3 Å². The summed E-state index contributed by atoms with van der Waals surface area (Å²) in [5, 5.41) is 0. The second-order valence-corrected chi connectivity index (χ2v) is 19.7. The standard InChI is InChI=1S/3C8H16Cl.Sn.H/c3*1-2-3-4-5-6-7-8-9;;/h3*1-8H2;;. The van der Waals surface area contributed by atoms with Gasteiger partial charge in [-0.3, -0.25) is 0 Å². The van der Waals surface area contributed by atoms with Gasteiger partial charge in [0.2, 0.25) is 0 Å². The maximum atomic E-state index is 5.77. The Bertz CT molecular complexity index is 234. The third-order valence-corrected chi connectivity index (χ3v) is 17.3. The molecule has 0 nitrogen and oxygen atoms in total. The molecule has 4 heteroatoms. The molecule has 0 heterocycles. The Kier molecular flexibility index (Phi) is 28.3. The van der Waals surface area contributed by atoms with E-state index >= 15 is 0 Å². The molecule has 0 aliphatic rings. The molecule has 28 heavy (non-hydrogen) atoms. The van der Waals surface area contributed by atoms with Gasteiger partial charge in [0.15, 0.2) is 0 Å². The van der Waals surface area contributed by atoms with E-state index in [-0.39, 0.29) is 0 Å². The van der Waals surface area contributed by atoms with Crippen LogP contribution in [0.2, 0.25) is 13.3 Å². The summed E-state index contributed by atoms with van der Waals surface area (Å²) in [5.74, 6) is 2.53. The molecule has 0 saturated heterocycles. The molecule has 0 amide bonds. The van der Waals surface area contributed by atoms with Crippen LogP contribution >= 0.6 is 34.8 Å². The van der Waals surface area contributed by atoms with Crippen molar-refractivity contribution in [2.75, 3.05) is 17.6 Å². The molecule has 0 saturated carbocycles. The van der Waals surface area contributed by atoms with E-state index in [4.69, 9.17) is 34.8 Å². The zero-order valence-corrected chi connectivity index (χ0v) is 24.2. The Hall–Kier alpha value is 1.67. The fourth-order valence-electron chi connectivity index (χ4n) is 4.14. The number of hydrogen-bond acceptors (Lipinski definition) is 0. The van der Waals surface area contributed by atoms with Crippen molar-refractivity contribution < 1.29 is 0 Å². The maximum absolute atomic E-state index is 5.77. The van der Waals surface area contributed by atoms with Crippen LogP contribution in [0.3, 0.4) is 0 Å². The van der Waals surface area contributed by atoms with Crippen molar-refractivity contribution in [3.05, 3.63) is 0 Å². The first-order valence-electron chi connectivity index (χ1n) is 12.5. The second kappa shape index (κ2) is 26.7. The molecule has 0 aromatic rings. The summed E-state index contributed by atoms with van der Waals surface area (Å²) in [4.78, 5) is 0. The summed E-state index contributed by atoms with van der Waals surface area (Å²) in [7, 11) is 0. The third kappa shape index (κ3) is 23.9. The molecule has 0 radical (unpaired) electrons. The first-order chi connectivity index (χ1) is 13.8. The van der Waals surface area contributed by atoms with Crippen molar-refractivity contribution >= 4 is 54.6 Å². The Balaban J connectivity index is 3.80. The predicted octanol–water partition coefficient (Wildman–Crippen LogP) is 9.95. The molecule has 0 unspecified atom stereocenters. The Labute approximate surface area is 200 Å². The van der Waals surface area contributed by atoms with Crippen molar-refractivity contribution in [2.24, 2.45) is 0 Å². The normalized spacial score (nSPS) is 11.6. The summed E-state index contributed by atoms with van der Waals surface area (Å²) >= 11 is 16.1. The molecule has 0 aromatic carbocycles. The number of rotatable bonds is 24. The number of hydrogen-bond donors (Lipinski definition) is 0. The van der Waals surface area contributed by atoms with Crippen LogP contribution in [0.15, 0.2) is 0 Å². The average Bonchev–Trinajstić information content (AvgIpc) is 2.71. The monoisotopic (exact) mass is 562 g/mol. The van der Waals surface area contributed by atoms with Gasteiger partial charge in [0.05, 0.1) is 0 Å². The fourth-order valence-corrected chi connectivity index (χ4v) is 14.6. The van der Waals surface area contributed by atoms with E-state index in [1.807, 2.05) is 0 Å². The van der Waals surface area contributed by atoms with Gasteiger partial charge in [-0.05, 0) is 0 Å². The third-order valence-electron chi connectivity index (χ3n) is 5.99. The topological polar surface area (TPSA) is 0 Å². The first-order valence-corrected chi connectivity index (χ1v) is 21.1.